The SMILES string of the molecule is CC(=O)c1cc2oc(C(C)COC(=O)CC(C)C)cc2cc1O. The summed E-state index contributed by atoms with van der Waals surface area (Å²) in [6.45, 7) is 7.44. The largest absolute Gasteiger partial charge is 0.507 e. The highest BCUT2D eigenvalue weighted by Crippen LogP contribution is 2.30. The van der Waals surface area contributed by atoms with E-state index in [9.17, 15) is 14.7 Å². The van der Waals surface area contributed by atoms with Crippen molar-refractivity contribution in [2.45, 2.75) is 40.0 Å². The molecule has 0 aliphatic carbocycles. The summed E-state index contributed by atoms with van der Waals surface area (Å²) < 4.78 is 11.0. The van der Waals surface area contributed by atoms with Crippen LogP contribution in [0.15, 0.2) is 22.6 Å². The molecule has 0 fully saturated rings. The lowest BCUT2D eigenvalue weighted by Gasteiger charge is -2.10. The molecule has 1 N–H and O–H groups in total. The van der Waals surface area contributed by atoms with Gasteiger partial charge < -0.3 is 14.3 Å². The maximum atomic E-state index is 11.6. The lowest BCUT2D eigenvalue weighted by Crippen LogP contribution is -2.12. The summed E-state index contributed by atoms with van der Waals surface area (Å²) in [5.74, 6) is 0.293. The van der Waals surface area contributed by atoms with E-state index >= 15 is 0 Å². The van der Waals surface area contributed by atoms with Gasteiger partial charge in [0.2, 0.25) is 0 Å². The first-order valence-electron chi connectivity index (χ1n) is 7.71. The van der Waals surface area contributed by atoms with Gasteiger partial charge in [-0.2, -0.15) is 0 Å². The molecule has 0 radical (unpaired) electrons. The van der Waals surface area contributed by atoms with Gasteiger partial charge in [0, 0.05) is 17.7 Å². The van der Waals surface area contributed by atoms with Gasteiger partial charge in [-0.15, -0.1) is 0 Å². The number of Topliss-reactive ketones (excluding diaryl/α,β-unsaturated/α-hetero) is 1. The number of furan rings is 1. The first-order chi connectivity index (χ1) is 10.8. The molecule has 1 atom stereocenters. The first kappa shape index (κ1) is 17.1. The van der Waals surface area contributed by atoms with Gasteiger partial charge in [-0.1, -0.05) is 20.8 Å². The summed E-state index contributed by atoms with van der Waals surface area (Å²) >= 11 is 0. The van der Waals surface area contributed by atoms with E-state index in [0.29, 0.717) is 23.2 Å². The van der Waals surface area contributed by atoms with Gasteiger partial charge in [-0.05, 0) is 31.0 Å². The summed E-state index contributed by atoms with van der Waals surface area (Å²) in [6, 6.07) is 4.84. The van der Waals surface area contributed by atoms with Crippen molar-refractivity contribution >= 4 is 22.7 Å². The Kier molecular flexibility index (Phi) is 5.08. The predicted molar refractivity (Wildman–Crippen MR) is 86.7 cm³/mol. The molecule has 1 unspecified atom stereocenters. The van der Waals surface area contributed by atoms with Gasteiger partial charge in [0.1, 0.15) is 23.7 Å². The van der Waals surface area contributed by atoms with E-state index in [-0.39, 0.29) is 41.5 Å². The third-order valence-electron chi connectivity index (χ3n) is 3.59. The molecule has 5 heteroatoms. The van der Waals surface area contributed by atoms with E-state index in [4.69, 9.17) is 9.15 Å². The van der Waals surface area contributed by atoms with Gasteiger partial charge >= 0.3 is 5.97 Å². The fourth-order valence-electron chi connectivity index (χ4n) is 2.31. The topological polar surface area (TPSA) is 76.7 Å². The van der Waals surface area contributed by atoms with Crippen molar-refractivity contribution in [3.8, 4) is 5.75 Å². The molecule has 0 amide bonds. The number of fused-ring (bicyclic) bond motifs is 1. The number of hydrogen-bond donors (Lipinski definition) is 1. The monoisotopic (exact) mass is 318 g/mol. The molecule has 1 aromatic heterocycles. The van der Waals surface area contributed by atoms with E-state index in [1.807, 2.05) is 20.8 Å². The van der Waals surface area contributed by atoms with Gasteiger partial charge in [0.15, 0.2) is 5.78 Å². The highest BCUT2D eigenvalue weighted by Gasteiger charge is 2.17. The Morgan fingerprint density at radius 3 is 2.52 bits per heavy atom. The van der Waals surface area contributed by atoms with Crippen molar-refractivity contribution in [3.05, 3.63) is 29.5 Å². The molecule has 0 aliphatic heterocycles. The van der Waals surface area contributed by atoms with Crippen molar-refractivity contribution in [2.24, 2.45) is 5.92 Å². The van der Waals surface area contributed by atoms with Crippen LogP contribution >= 0.6 is 0 Å². The number of ketones is 1. The van der Waals surface area contributed by atoms with E-state index in [0.717, 1.165) is 0 Å². The van der Waals surface area contributed by atoms with E-state index in [1.165, 1.54) is 19.1 Å². The Hall–Kier alpha value is -2.30. The van der Waals surface area contributed by atoms with Crippen LogP contribution in [-0.4, -0.2) is 23.5 Å². The van der Waals surface area contributed by atoms with E-state index in [1.54, 1.807) is 6.07 Å². The van der Waals surface area contributed by atoms with Crippen LogP contribution in [0.4, 0.5) is 0 Å². The smallest absolute Gasteiger partial charge is 0.306 e. The molecule has 124 valence electrons. The summed E-state index contributed by atoms with van der Waals surface area (Å²) in [7, 11) is 0. The number of phenols is 1. The first-order valence-corrected chi connectivity index (χ1v) is 7.71. The molecule has 0 bridgehead atoms. The van der Waals surface area contributed by atoms with Crippen molar-refractivity contribution in [3.63, 3.8) is 0 Å². The van der Waals surface area contributed by atoms with Crippen LogP contribution in [0.25, 0.3) is 11.0 Å². The third kappa shape index (κ3) is 4.12. The standard InChI is InChI=1S/C18H22O5/c1-10(2)5-18(21)22-9-11(3)16-7-13-6-15(20)14(12(4)19)8-17(13)23-16/h6-8,10-11,20H,5,9H2,1-4H3. The van der Waals surface area contributed by atoms with Crippen LogP contribution in [-0.2, 0) is 9.53 Å². The highest BCUT2D eigenvalue weighted by molar-refractivity contribution is 6.00. The van der Waals surface area contributed by atoms with Crippen LogP contribution in [0, 0.1) is 5.92 Å². The molecule has 0 saturated heterocycles. The molecular weight excluding hydrogens is 296 g/mol. The second kappa shape index (κ2) is 6.86. The van der Waals surface area contributed by atoms with Gasteiger partial charge in [-0.3, -0.25) is 9.59 Å². The van der Waals surface area contributed by atoms with Gasteiger partial charge in [0.25, 0.3) is 0 Å². The number of aromatic hydroxyl groups is 1. The van der Waals surface area contributed by atoms with Crippen LogP contribution < -0.4 is 0 Å². The lowest BCUT2D eigenvalue weighted by atomic mass is 10.1. The molecule has 23 heavy (non-hydrogen) atoms. The van der Waals surface area contributed by atoms with Gasteiger partial charge in [0.05, 0.1) is 5.56 Å². The van der Waals surface area contributed by atoms with Crippen molar-refractivity contribution in [2.75, 3.05) is 6.61 Å². The van der Waals surface area contributed by atoms with Crippen LogP contribution in [0.5, 0.6) is 5.75 Å². The molecule has 1 aromatic carbocycles. The fraction of sp³-hybridized carbons (Fsp3) is 0.444. The van der Waals surface area contributed by atoms with Crippen molar-refractivity contribution in [1.82, 2.24) is 0 Å². The number of benzene rings is 1. The number of carbonyl (C=O) groups is 2. The minimum absolute atomic E-state index is 0.0617. The Balaban J connectivity index is 2.13. The number of ether oxygens (including phenoxy) is 1. The molecule has 0 aliphatic rings. The molecule has 1 heterocycles. The quantitative estimate of drug-likeness (QED) is 0.642. The summed E-state index contributed by atoms with van der Waals surface area (Å²) in [5, 5.41) is 10.6. The zero-order valence-corrected chi connectivity index (χ0v) is 13.9. The van der Waals surface area contributed by atoms with Crippen LogP contribution in [0.3, 0.4) is 0 Å². The Labute approximate surface area is 135 Å². The molecule has 2 rings (SSSR count). The van der Waals surface area contributed by atoms with E-state index in [2.05, 4.69) is 0 Å². The van der Waals surface area contributed by atoms with E-state index < -0.39 is 0 Å². The number of hydrogen-bond acceptors (Lipinski definition) is 5. The van der Waals surface area contributed by atoms with Crippen molar-refractivity contribution < 1.29 is 23.8 Å². The molecule has 2 aromatic rings. The Bertz CT molecular complexity index is 726. The highest BCUT2D eigenvalue weighted by atomic mass is 16.5. The number of phenolic OH excluding ortho intramolecular Hbond substituents is 1. The second-order valence-corrected chi connectivity index (χ2v) is 6.29. The number of esters is 1. The predicted octanol–water partition coefficient (Wildman–Crippen LogP) is 4.03. The average molecular weight is 318 g/mol. The molecule has 0 spiro atoms. The zero-order valence-electron chi connectivity index (χ0n) is 13.9. The summed E-state index contributed by atoms with van der Waals surface area (Å²) in [4.78, 5) is 23.1. The molecule has 5 nitrogen and oxygen atoms in total. The van der Waals surface area contributed by atoms with Crippen LogP contribution in [0.1, 0.15) is 56.2 Å². The Morgan fingerprint density at radius 2 is 1.91 bits per heavy atom. The van der Waals surface area contributed by atoms with Gasteiger partial charge in [-0.25, -0.2) is 0 Å². The Morgan fingerprint density at radius 1 is 1.22 bits per heavy atom. The maximum absolute atomic E-state index is 11.6. The maximum Gasteiger partial charge on any atom is 0.306 e. The second-order valence-electron chi connectivity index (χ2n) is 6.29. The molecular formula is C18H22O5. The minimum Gasteiger partial charge on any atom is -0.507 e. The lowest BCUT2D eigenvalue weighted by molar-refractivity contribution is -0.145. The van der Waals surface area contributed by atoms with Crippen LogP contribution in [0.2, 0.25) is 0 Å². The number of carbonyl (C=O) groups excluding carboxylic acids is 2. The summed E-state index contributed by atoms with van der Waals surface area (Å²) in [6.07, 6.45) is 0.392. The fourth-order valence-corrected chi connectivity index (χ4v) is 2.31. The third-order valence-corrected chi connectivity index (χ3v) is 3.59. The van der Waals surface area contributed by atoms with Crippen molar-refractivity contribution in [1.29, 1.82) is 0 Å². The average Bonchev–Trinajstić information content (AvgIpc) is 2.85. The molecule has 0 saturated carbocycles. The zero-order chi connectivity index (χ0) is 17.1. The normalized spacial score (nSPS) is 12.6. The number of rotatable bonds is 6. The summed E-state index contributed by atoms with van der Waals surface area (Å²) in [5.41, 5.74) is 0.762. The minimum atomic E-state index is -0.224.